The molecule has 1 aliphatic carbocycles. The number of fused-ring (bicyclic) bond motifs is 9. The van der Waals surface area contributed by atoms with E-state index in [-0.39, 0.29) is 5.41 Å². The second kappa shape index (κ2) is 13.2. The minimum atomic E-state index is -0.148. The molecule has 0 bridgehead atoms. The van der Waals surface area contributed by atoms with E-state index in [1.165, 1.54) is 60.1 Å². The highest BCUT2D eigenvalue weighted by Crippen LogP contribution is 2.51. The Morgan fingerprint density at radius 1 is 0.350 bits per heavy atom. The molecule has 60 heavy (non-hydrogen) atoms. The van der Waals surface area contributed by atoms with E-state index >= 15 is 0 Å². The Morgan fingerprint density at radius 2 is 0.917 bits per heavy atom. The summed E-state index contributed by atoms with van der Waals surface area (Å²) >= 11 is 0. The Morgan fingerprint density at radius 3 is 1.65 bits per heavy atom. The SMILES string of the molecule is CC1(C)c2ccccc2-c2cc3c4ccccc4n(-c4cc(-c5nc(-c6ccccc6)nc(-c6ccccc6)n5)cc(-c5cc6ccccc6c6ccccc56)c4)c3cc21. The minimum Gasteiger partial charge on any atom is -0.309 e. The van der Waals surface area contributed by atoms with Crippen molar-refractivity contribution in [3.05, 3.63) is 205 Å². The molecule has 0 saturated carbocycles. The molecule has 11 aromatic rings. The van der Waals surface area contributed by atoms with E-state index in [9.17, 15) is 0 Å². The number of aromatic nitrogens is 4. The van der Waals surface area contributed by atoms with Crippen molar-refractivity contribution in [3.8, 4) is 62.1 Å². The van der Waals surface area contributed by atoms with Gasteiger partial charge in [0.25, 0.3) is 0 Å². The summed E-state index contributed by atoms with van der Waals surface area (Å²) in [7, 11) is 0. The number of para-hydroxylation sites is 1. The first-order valence-corrected chi connectivity index (χ1v) is 20.6. The van der Waals surface area contributed by atoms with Crippen LogP contribution in [-0.4, -0.2) is 19.5 Å². The largest absolute Gasteiger partial charge is 0.309 e. The molecule has 4 heteroatoms. The van der Waals surface area contributed by atoms with Crippen LogP contribution in [0.5, 0.6) is 0 Å². The molecule has 0 fully saturated rings. The van der Waals surface area contributed by atoms with Crippen molar-refractivity contribution in [3.63, 3.8) is 0 Å². The van der Waals surface area contributed by atoms with Crippen molar-refractivity contribution in [2.75, 3.05) is 0 Å². The molecule has 0 atom stereocenters. The van der Waals surface area contributed by atoms with E-state index in [2.05, 4.69) is 176 Å². The third kappa shape index (κ3) is 5.27. The Balaban J connectivity index is 1.18. The number of benzene rings is 9. The lowest BCUT2D eigenvalue weighted by molar-refractivity contribution is 0.661. The zero-order chi connectivity index (χ0) is 40.0. The van der Waals surface area contributed by atoms with Gasteiger partial charge < -0.3 is 4.57 Å². The van der Waals surface area contributed by atoms with Crippen molar-refractivity contribution < 1.29 is 0 Å². The third-order valence-corrected chi connectivity index (χ3v) is 12.6. The minimum absolute atomic E-state index is 0.148. The van der Waals surface area contributed by atoms with Gasteiger partial charge in [0.05, 0.1) is 11.0 Å². The van der Waals surface area contributed by atoms with E-state index < -0.39 is 0 Å². The maximum absolute atomic E-state index is 5.25. The summed E-state index contributed by atoms with van der Waals surface area (Å²) in [4.78, 5) is 15.5. The number of hydrogen-bond donors (Lipinski definition) is 0. The van der Waals surface area contributed by atoms with Crippen LogP contribution in [0.3, 0.4) is 0 Å². The highest BCUT2D eigenvalue weighted by molar-refractivity contribution is 6.15. The molecule has 2 aromatic heterocycles. The predicted molar refractivity (Wildman–Crippen MR) is 248 cm³/mol. The maximum Gasteiger partial charge on any atom is 0.164 e. The van der Waals surface area contributed by atoms with Gasteiger partial charge in [0, 0.05) is 38.6 Å². The van der Waals surface area contributed by atoms with Crippen LogP contribution in [0.15, 0.2) is 194 Å². The van der Waals surface area contributed by atoms with Gasteiger partial charge >= 0.3 is 0 Å². The molecule has 4 nitrogen and oxygen atoms in total. The van der Waals surface area contributed by atoms with Gasteiger partial charge in [-0.2, -0.15) is 0 Å². The molecule has 12 rings (SSSR count). The molecular formula is C56H38N4. The first-order chi connectivity index (χ1) is 29.5. The molecule has 2 heterocycles. The van der Waals surface area contributed by atoms with Crippen molar-refractivity contribution in [1.29, 1.82) is 0 Å². The lowest BCUT2D eigenvalue weighted by Crippen LogP contribution is -2.15. The molecule has 0 radical (unpaired) electrons. The summed E-state index contributed by atoms with van der Waals surface area (Å²) in [6.45, 7) is 4.71. The molecular weight excluding hydrogens is 729 g/mol. The van der Waals surface area contributed by atoms with Crippen molar-refractivity contribution in [1.82, 2.24) is 19.5 Å². The van der Waals surface area contributed by atoms with Gasteiger partial charge in [0.1, 0.15) is 0 Å². The third-order valence-electron chi connectivity index (χ3n) is 12.6. The van der Waals surface area contributed by atoms with Crippen LogP contribution >= 0.6 is 0 Å². The molecule has 282 valence electrons. The number of hydrogen-bond acceptors (Lipinski definition) is 3. The fourth-order valence-corrected chi connectivity index (χ4v) is 9.70. The highest BCUT2D eigenvalue weighted by atomic mass is 15.0. The maximum atomic E-state index is 5.25. The van der Waals surface area contributed by atoms with Crippen molar-refractivity contribution in [2.24, 2.45) is 0 Å². The summed E-state index contributed by atoms with van der Waals surface area (Å²) in [6.07, 6.45) is 0. The van der Waals surface area contributed by atoms with Crippen LogP contribution in [0.25, 0.3) is 105 Å². The first-order valence-electron chi connectivity index (χ1n) is 20.6. The quantitative estimate of drug-likeness (QED) is 0.164. The second-order valence-electron chi connectivity index (χ2n) is 16.4. The van der Waals surface area contributed by atoms with Crippen LogP contribution < -0.4 is 0 Å². The molecule has 9 aromatic carbocycles. The van der Waals surface area contributed by atoms with E-state index in [0.717, 1.165) is 39.0 Å². The lowest BCUT2D eigenvalue weighted by Gasteiger charge is -2.22. The molecule has 0 aliphatic heterocycles. The Bertz CT molecular complexity index is 3450. The topological polar surface area (TPSA) is 43.6 Å². The van der Waals surface area contributed by atoms with Crippen LogP contribution in [0.1, 0.15) is 25.0 Å². The Hall–Kier alpha value is -7.69. The van der Waals surface area contributed by atoms with Crippen LogP contribution in [0, 0.1) is 0 Å². The van der Waals surface area contributed by atoms with Gasteiger partial charge in [-0.3, -0.25) is 0 Å². The smallest absolute Gasteiger partial charge is 0.164 e. The average Bonchev–Trinajstić information content (AvgIpc) is 3.75. The normalized spacial score (nSPS) is 13.0. The fourth-order valence-electron chi connectivity index (χ4n) is 9.70. The predicted octanol–water partition coefficient (Wildman–Crippen LogP) is 14.2. The number of rotatable bonds is 5. The Labute approximate surface area is 348 Å². The standard InChI is InChI=1S/C56H38N4/c1-56(2)49-27-15-13-25-44(49)47-33-48-45-26-14-16-28-51(45)60(52(48)34-50(47)56)40-30-38(46-32-37-21-9-10-22-41(37)42-23-11-12-24-43(42)46)29-39(31-40)55-58-53(35-17-5-3-6-18-35)57-54(59-55)36-19-7-4-8-20-36/h3-34H,1-2H3. The highest BCUT2D eigenvalue weighted by Gasteiger charge is 2.36. The van der Waals surface area contributed by atoms with E-state index in [4.69, 9.17) is 15.0 Å². The monoisotopic (exact) mass is 766 g/mol. The zero-order valence-electron chi connectivity index (χ0n) is 33.3. The summed E-state index contributed by atoms with van der Waals surface area (Å²) in [5.41, 5.74) is 13.6. The summed E-state index contributed by atoms with van der Waals surface area (Å²) in [5.74, 6) is 1.89. The van der Waals surface area contributed by atoms with E-state index in [1.54, 1.807) is 0 Å². The van der Waals surface area contributed by atoms with Crippen molar-refractivity contribution in [2.45, 2.75) is 19.3 Å². The zero-order valence-corrected chi connectivity index (χ0v) is 33.3. The fraction of sp³-hybridized carbons (Fsp3) is 0.0536. The van der Waals surface area contributed by atoms with E-state index in [1.807, 2.05) is 36.4 Å². The molecule has 0 saturated heterocycles. The molecule has 0 spiro atoms. The molecule has 1 aliphatic rings. The summed E-state index contributed by atoms with van der Waals surface area (Å²) < 4.78 is 2.46. The van der Waals surface area contributed by atoms with Gasteiger partial charge in [-0.1, -0.05) is 166 Å². The summed E-state index contributed by atoms with van der Waals surface area (Å²) in [5, 5.41) is 7.32. The number of nitrogens with zero attached hydrogens (tertiary/aromatic N) is 4. The van der Waals surface area contributed by atoms with Crippen molar-refractivity contribution >= 4 is 43.4 Å². The lowest BCUT2D eigenvalue weighted by atomic mass is 9.82. The summed E-state index contributed by atoms with van der Waals surface area (Å²) in [6, 6.07) is 69.7. The van der Waals surface area contributed by atoms with Crippen LogP contribution in [-0.2, 0) is 5.41 Å². The molecule has 0 N–H and O–H groups in total. The van der Waals surface area contributed by atoms with Gasteiger partial charge in [-0.05, 0) is 97.4 Å². The average molecular weight is 767 g/mol. The van der Waals surface area contributed by atoms with Gasteiger partial charge in [0.15, 0.2) is 17.5 Å². The first kappa shape index (κ1) is 34.4. The Kier molecular flexibility index (Phi) is 7.54. The van der Waals surface area contributed by atoms with Gasteiger partial charge in [0.2, 0.25) is 0 Å². The van der Waals surface area contributed by atoms with Gasteiger partial charge in [-0.15, -0.1) is 0 Å². The molecule has 0 unspecified atom stereocenters. The second-order valence-corrected chi connectivity index (χ2v) is 16.4. The van der Waals surface area contributed by atoms with Crippen LogP contribution in [0.2, 0.25) is 0 Å². The molecule has 0 amide bonds. The van der Waals surface area contributed by atoms with Crippen LogP contribution in [0.4, 0.5) is 0 Å². The van der Waals surface area contributed by atoms with Gasteiger partial charge in [-0.25, -0.2) is 15.0 Å². The van der Waals surface area contributed by atoms with E-state index in [0.29, 0.717) is 17.5 Å².